The van der Waals surface area contributed by atoms with Crippen LogP contribution in [0.15, 0.2) is 36.4 Å². The maximum Gasteiger partial charge on any atom is 0.259 e. The molecule has 0 bridgehead atoms. The number of piperazine rings is 1. The molecule has 6 nitrogen and oxygen atoms in total. The lowest BCUT2D eigenvalue weighted by Gasteiger charge is -2.35. The van der Waals surface area contributed by atoms with E-state index >= 15 is 0 Å². The number of halogens is 2. The van der Waals surface area contributed by atoms with E-state index in [-0.39, 0.29) is 39.5 Å². The summed E-state index contributed by atoms with van der Waals surface area (Å²) in [6.07, 6.45) is 0. The number of phenols is 1. The van der Waals surface area contributed by atoms with Gasteiger partial charge in [-0.1, -0.05) is 35.3 Å². The minimum Gasteiger partial charge on any atom is -0.507 e. The fourth-order valence-electron chi connectivity index (χ4n) is 3.03. The number of carbonyl (C=O) groups is 2. The van der Waals surface area contributed by atoms with Crippen molar-refractivity contribution in [1.82, 2.24) is 9.80 Å². The summed E-state index contributed by atoms with van der Waals surface area (Å²) >= 11 is 12.3. The zero-order valence-electron chi connectivity index (χ0n) is 14.6. The van der Waals surface area contributed by atoms with Crippen LogP contribution in [-0.2, 0) is 0 Å². The molecule has 1 N–H and O–H groups in total. The quantitative estimate of drug-likeness (QED) is 0.845. The Bertz CT molecular complexity index is 880. The van der Waals surface area contributed by atoms with Crippen LogP contribution < -0.4 is 4.74 Å². The first-order valence-electron chi connectivity index (χ1n) is 8.32. The Kier molecular flexibility index (Phi) is 5.77. The number of aromatic hydroxyl groups is 1. The maximum absolute atomic E-state index is 12.9. The van der Waals surface area contributed by atoms with E-state index < -0.39 is 0 Å². The largest absolute Gasteiger partial charge is 0.507 e. The highest BCUT2D eigenvalue weighted by Crippen LogP contribution is 2.35. The van der Waals surface area contributed by atoms with Gasteiger partial charge in [-0.25, -0.2) is 0 Å². The fourth-order valence-corrected chi connectivity index (χ4v) is 3.49. The number of ether oxygens (including phenoxy) is 1. The number of phenolic OH excluding ortho intramolecular Hbond substituents is 1. The van der Waals surface area contributed by atoms with Crippen molar-refractivity contribution in [2.24, 2.45) is 0 Å². The van der Waals surface area contributed by atoms with Crippen molar-refractivity contribution in [2.75, 3.05) is 33.3 Å². The van der Waals surface area contributed by atoms with E-state index in [0.29, 0.717) is 31.2 Å². The molecule has 0 aliphatic carbocycles. The predicted molar refractivity (Wildman–Crippen MR) is 103 cm³/mol. The van der Waals surface area contributed by atoms with E-state index in [1.165, 1.54) is 13.2 Å². The zero-order valence-corrected chi connectivity index (χ0v) is 16.1. The van der Waals surface area contributed by atoms with Crippen LogP contribution >= 0.6 is 23.2 Å². The van der Waals surface area contributed by atoms with Gasteiger partial charge in [0, 0.05) is 26.2 Å². The van der Waals surface area contributed by atoms with Gasteiger partial charge in [-0.2, -0.15) is 0 Å². The Morgan fingerprint density at radius 3 is 2.07 bits per heavy atom. The molecule has 0 saturated carbocycles. The molecule has 2 amide bonds. The fraction of sp³-hybridized carbons (Fsp3) is 0.263. The van der Waals surface area contributed by atoms with Gasteiger partial charge in [-0.05, 0) is 24.3 Å². The topological polar surface area (TPSA) is 70.1 Å². The van der Waals surface area contributed by atoms with E-state index in [1.54, 1.807) is 40.1 Å². The van der Waals surface area contributed by atoms with Gasteiger partial charge in [-0.3, -0.25) is 9.59 Å². The van der Waals surface area contributed by atoms with Gasteiger partial charge in [0.25, 0.3) is 11.8 Å². The Balaban J connectivity index is 1.73. The number of methoxy groups -OCH3 is 1. The Morgan fingerprint density at radius 2 is 1.48 bits per heavy atom. The van der Waals surface area contributed by atoms with Gasteiger partial charge in [0.2, 0.25) is 0 Å². The number of benzene rings is 2. The van der Waals surface area contributed by atoms with Gasteiger partial charge in [-0.15, -0.1) is 0 Å². The van der Waals surface area contributed by atoms with Crippen LogP contribution in [0.5, 0.6) is 11.5 Å². The monoisotopic (exact) mass is 408 g/mol. The Labute approximate surface area is 166 Å². The van der Waals surface area contributed by atoms with Crippen molar-refractivity contribution in [3.63, 3.8) is 0 Å². The second-order valence-electron chi connectivity index (χ2n) is 6.04. The molecule has 0 spiro atoms. The van der Waals surface area contributed by atoms with E-state index in [4.69, 9.17) is 27.9 Å². The molecular formula is C19H18Cl2N2O4. The molecule has 0 radical (unpaired) electrons. The summed E-state index contributed by atoms with van der Waals surface area (Å²) in [4.78, 5) is 28.7. The highest BCUT2D eigenvalue weighted by Gasteiger charge is 2.29. The Morgan fingerprint density at radius 1 is 0.926 bits per heavy atom. The molecule has 1 aliphatic rings. The van der Waals surface area contributed by atoms with E-state index in [0.717, 1.165) is 0 Å². The second kappa shape index (κ2) is 8.06. The van der Waals surface area contributed by atoms with Crippen LogP contribution in [-0.4, -0.2) is 60.0 Å². The smallest absolute Gasteiger partial charge is 0.259 e. The number of para-hydroxylation sites is 1. The average molecular weight is 409 g/mol. The molecule has 8 heteroatoms. The van der Waals surface area contributed by atoms with Crippen LogP contribution in [0, 0.1) is 0 Å². The van der Waals surface area contributed by atoms with E-state index in [1.807, 2.05) is 0 Å². The number of rotatable bonds is 3. The molecular weight excluding hydrogens is 391 g/mol. The number of hydrogen-bond acceptors (Lipinski definition) is 4. The SMILES string of the molecule is COc1c(Cl)ccc(Cl)c1C(=O)N1CCN(C(=O)c2ccccc2O)CC1. The lowest BCUT2D eigenvalue weighted by atomic mass is 10.1. The van der Waals surface area contributed by atoms with Crippen LogP contribution in [0.4, 0.5) is 0 Å². The van der Waals surface area contributed by atoms with Crippen LogP contribution in [0.1, 0.15) is 20.7 Å². The molecule has 3 rings (SSSR count). The molecule has 0 atom stereocenters. The van der Waals surface area contributed by atoms with Crippen LogP contribution in [0.2, 0.25) is 10.0 Å². The third kappa shape index (κ3) is 3.82. The first kappa shape index (κ1) is 19.3. The summed E-state index contributed by atoms with van der Waals surface area (Å²) in [5.41, 5.74) is 0.462. The third-order valence-corrected chi connectivity index (χ3v) is 5.08. The van der Waals surface area contributed by atoms with Gasteiger partial charge >= 0.3 is 0 Å². The normalized spacial score (nSPS) is 14.2. The lowest BCUT2D eigenvalue weighted by molar-refractivity contribution is 0.0532. The standard InChI is InChI=1S/C19H18Cl2N2O4/c1-27-17-14(21)7-6-13(20)16(17)19(26)23-10-8-22(9-11-23)18(25)12-4-2-3-5-15(12)24/h2-7,24H,8-11H2,1H3. The molecule has 2 aromatic rings. The van der Waals surface area contributed by atoms with Gasteiger partial charge < -0.3 is 19.6 Å². The number of nitrogens with zero attached hydrogens (tertiary/aromatic N) is 2. The average Bonchev–Trinajstić information content (AvgIpc) is 2.69. The summed E-state index contributed by atoms with van der Waals surface area (Å²) < 4.78 is 5.24. The lowest BCUT2D eigenvalue weighted by Crippen LogP contribution is -2.50. The molecule has 142 valence electrons. The van der Waals surface area contributed by atoms with Gasteiger partial charge in [0.1, 0.15) is 11.3 Å². The van der Waals surface area contributed by atoms with Crippen molar-refractivity contribution in [2.45, 2.75) is 0 Å². The minimum atomic E-state index is -0.297. The molecule has 1 saturated heterocycles. The third-order valence-electron chi connectivity index (χ3n) is 4.47. The highest BCUT2D eigenvalue weighted by molar-refractivity contribution is 6.37. The second-order valence-corrected chi connectivity index (χ2v) is 6.85. The zero-order chi connectivity index (χ0) is 19.6. The molecule has 0 unspecified atom stereocenters. The first-order valence-corrected chi connectivity index (χ1v) is 9.08. The van der Waals surface area contributed by atoms with Crippen molar-refractivity contribution in [3.05, 3.63) is 57.6 Å². The summed E-state index contributed by atoms with van der Waals surface area (Å²) in [7, 11) is 1.43. The van der Waals surface area contributed by atoms with Crippen molar-refractivity contribution in [1.29, 1.82) is 0 Å². The van der Waals surface area contributed by atoms with Crippen molar-refractivity contribution < 1.29 is 19.4 Å². The molecule has 1 heterocycles. The maximum atomic E-state index is 12.9. The predicted octanol–water partition coefficient (Wildman–Crippen LogP) is 3.31. The highest BCUT2D eigenvalue weighted by atomic mass is 35.5. The van der Waals surface area contributed by atoms with Crippen molar-refractivity contribution >= 4 is 35.0 Å². The minimum absolute atomic E-state index is 0.0588. The molecule has 1 aliphatic heterocycles. The van der Waals surface area contributed by atoms with Crippen molar-refractivity contribution in [3.8, 4) is 11.5 Å². The number of amides is 2. The van der Waals surface area contributed by atoms with E-state index in [9.17, 15) is 14.7 Å². The number of hydrogen-bond donors (Lipinski definition) is 1. The molecule has 1 fully saturated rings. The Hall–Kier alpha value is -2.44. The molecule has 2 aromatic carbocycles. The summed E-state index contributed by atoms with van der Waals surface area (Å²) in [5.74, 6) is -0.383. The van der Waals surface area contributed by atoms with Crippen LogP contribution in [0.25, 0.3) is 0 Å². The van der Waals surface area contributed by atoms with Gasteiger partial charge in [0.05, 0.1) is 22.7 Å². The van der Waals surface area contributed by atoms with E-state index in [2.05, 4.69) is 0 Å². The molecule has 27 heavy (non-hydrogen) atoms. The first-order chi connectivity index (χ1) is 12.9. The van der Waals surface area contributed by atoms with Gasteiger partial charge in [0.15, 0.2) is 5.75 Å². The molecule has 0 aromatic heterocycles. The number of carbonyl (C=O) groups excluding carboxylic acids is 2. The summed E-state index contributed by atoms with van der Waals surface area (Å²) in [6.45, 7) is 1.37. The summed E-state index contributed by atoms with van der Waals surface area (Å²) in [6, 6.07) is 9.53. The summed E-state index contributed by atoms with van der Waals surface area (Å²) in [5, 5.41) is 10.4. The van der Waals surface area contributed by atoms with Crippen LogP contribution in [0.3, 0.4) is 0 Å².